The van der Waals surface area contributed by atoms with E-state index in [0.717, 1.165) is 13.0 Å². The van der Waals surface area contributed by atoms with E-state index >= 15 is 0 Å². The summed E-state index contributed by atoms with van der Waals surface area (Å²) in [6.45, 7) is 3.52. The van der Waals surface area contributed by atoms with Crippen LogP contribution in [0.5, 0.6) is 0 Å². The molecule has 2 N–H and O–H groups in total. The number of nitrogens with one attached hydrogen (secondary N) is 1. The fourth-order valence-electron chi connectivity index (χ4n) is 2.31. The molecular formula is C13H25N3O3. The quantitative estimate of drug-likeness (QED) is 0.777. The highest BCUT2D eigenvalue weighted by atomic mass is 16.4. The number of amides is 2. The number of rotatable bonds is 5. The largest absolute Gasteiger partial charge is 0.481 e. The average molecular weight is 271 g/mol. The van der Waals surface area contributed by atoms with Crippen molar-refractivity contribution >= 4 is 12.0 Å². The summed E-state index contributed by atoms with van der Waals surface area (Å²) in [5.74, 6) is -1.43. The smallest absolute Gasteiger partial charge is 0.317 e. The molecule has 6 nitrogen and oxygen atoms in total. The Balaban J connectivity index is 2.31. The number of likely N-dealkylation sites (N-methyl/N-ethyl adjacent to an activating group) is 1. The van der Waals surface area contributed by atoms with Crippen LogP contribution in [0.4, 0.5) is 4.79 Å². The maximum absolute atomic E-state index is 11.9. The second-order valence-corrected chi connectivity index (χ2v) is 5.44. The van der Waals surface area contributed by atoms with Gasteiger partial charge in [-0.05, 0) is 26.4 Å². The zero-order chi connectivity index (χ0) is 14.4. The lowest BCUT2D eigenvalue weighted by molar-refractivity contribution is -0.141. The highest BCUT2D eigenvalue weighted by Gasteiger charge is 2.21. The fourth-order valence-corrected chi connectivity index (χ4v) is 2.31. The first-order valence-corrected chi connectivity index (χ1v) is 6.83. The van der Waals surface area contributed by atoms with Crippen LogP contribution in [0.3, 0.4) is 0 Å². The van der Waals surface area contributed by atoms with Crippen LogP contribution in [-0.4, -0.2) is 66.7 Å². The topological polar surface area (TPSA) is 72.9 Å². The Morgan fingerprint density at radius 3 is 2.74 bits per heavy atom. The minimum absolute atomic E-state index is 0.202. The van der Waals surface area contributed by atoms with E-state index in [4.69, 9.17) is 5.11 Å². The van der Waals surface area contributed by atoms with Crippen LogP contribution in [0.2, 0.25) is 0 Å². The standard InChI is InChI=1S/C13H25N3O3/c1-10(12(17)18)9-16(3)13(19)14-8-11-6-4-5-7-15(11)2/h10-11H,4-9H2,1-3H3,(H,14,19)(H,17,18). The summed E-state index contributed by atoms with van der Waals surface area (Å²) in [4.78, 5) is 26.3. The molecule has 0 radical (unpaired) electrons. The minimum atomic E-state index is -0.883. The zero-order valence-corrected chi connectivity index (χ0v) is 12.1. The number of piperidine rings is 1. The monoisotopic (exact) mass is 271 g/mol. The molecule has 6 heteroatoms. The second kappa shape index (κ2) is 7.33. The molecular weight excluding hydrogens is 246 g/mol. The molecule has 1 aliphatic rings. The molecule has 0 saturated carbocycles. The Morgan fingerprint density at radius 1 is 1.47 bits per heavy atom. The van der Waals surface area contributed by atoms with Gasteiger partial charge in [0, 0.05) is 26.2 Å². The number of hydrogen-bond donors (Lipinski definition) is 2. The van der Waals surface area contributed by atoms with E-state index in [-0.39, 0.29) is 12.6 Å². The predicted molar refractivity (Wildman–Crippen MR) is 73.1 cm³/mol. The Bertz CT molecular complexity index is 322. The van der Waals surface area contributed by atoms with Gasteiger partial charge in [-0.3, -0.25) is 4.79 Å². The third-order valence-electron chi connectivity index (χ3n) is 3.73. The molecule has 1 saturated heterocycles. The summed E-state index contributed by atoms with van der Waals surface area (Å²) in [5.41, 5.74) is 0. The number of likely N-dealkylation sites (tertiary alicyclic amines) is 1. The summed E-state index contributed by atoms with van der Waals surface area (Å²) in [7, 11) is 3.70. The number of carbonyl (C=O) groups excluding carboxylic acids is 1. The second-order valence-electron chi connectivity index (χ2n) is 5.44. The highest BCUT2D eigenvalue weighted by Crippen LogP contribution is 2.14. The SMILES string of the molecule is CC(CN(C)C(=O)NCC1CCCCN1C)C(=O)O. The summed E-state index contributed by atoms with van der Waals surface area (Å²) in [6, 6.07) is 0.190. The Hall–Kier alpha value is -1.30. The highest BCUT2D eigenvalue weighted by molar-refractivity contribution is 5.75. The molecule has 0 aliphatic carbocycles. The van der Waals surface area contributed by atoms with Gasteiger partial charge in [-0.2, -0.15) is 0 Å². The summed E-state index contributed by atoms with van der Waals surface area (Å²) >= 11 is 0. The van der Waals surface area contributed by atoms with Crippen molar-refractivity contribution in [2.45, 2.75) is 32.2 Å². The molecule has 1 rings (SSSR count). The van der Waals surface area contributed by atoms with E-state index in [9.17, 15) is 9.59 Å². The molecule has 0 aromatic rings. The van der Waals surface area contributed by atoms with Crippen molar-refractivity contribution in [3.05, 3.63) is 0 Å². The van der Waals surface area contributed by atoms with E-state index in [0.29, 0.717) is 12.6 Å². The molecule has 1 fully saturated rings. The van der Waals surface area contributed by atoms with Gasteiger partial charge in [0.2, 0.25) is 0 Å². The van der Waals surface area contributed by atoms with E-state index < -0.39 is 11.9 Å². The first-order chi connectivity index (χ1) is 8.91. The number of carbonyl (C=O) groups is 2. The van der Waals surface area contributed by atoms with Crippen molar-refractivity contribution in [3.63, 3.8) is 0 Å². The molecule has 0 aromatic heterocycles. The lowest BCUT2D eigenvalue weighted by Crippen LogP contribution is -2.48. The number of carboxylic acid groups (broad SMARTS) is 1. The average Bonchev–Trinajstić information content (AvgIpc) is 2.37. The molecule has 2 atom stereocenters. The van der Waals surface area contributed by atoms with Crippen molar-refractivity contribution in [2.24, 2.45) is 5.92 Å². The van der Waals surface area contributed by atoms with Gasteiger partial charge in [-0.1, -0.05) is 13.3 Å². The van der Waals surface area contributed by atoms with Gasteiger partial charge >= 0.3 is 12.0 Å². The molecule has 0 aromatic carbocycles. The van der Waals surface area contributed by atoms with Crippen LogP contribution < -0.4 is 5.32 Å². The third-order valence-corrected chi connectivity index (χ3v) is 3.73. The van der Waals surface area contributed by atoms with Gasteiger partial charge in [0.05, 0.1) is 5.92 Å². The van der Waals surface area contributed by atoms with Crippen LogP contribution >= 0.6 is 0 Å². The Labute approximate surface area is 114 Å². The van der Waals surface area contributed by atoms with Crippen molar-refractivity contribution in [1.29, 1.82) is 0 Å². The molecule has 19 heavy (non-hydrogen) atoms. The van der Waals surface area contributed by atoms with Crippen LogP contribution in [0.1, 0.15) is 26.2 Å². The van der Waals surface area contributed by atoms with Crippen LogP contribution in [0, 0.1) is 5.92 Å². The molecule has 2 unspecified atom stereocenters. The number of aliphatic carboxylic acids is 1. The van der Waals surface area contributed by atoms with Crippen molar-refractivity contribution < 1.29 is 14.7 Å². The van der Waals surface area contributed by atoms with Crippen LogP contribution in [-0.2, 0) is 4.79 Å². The zero-order valence-electron chi connectivity index (χ0n) is 12.1. The van der Waals surface area contributed by atoms with Gasteiger partial charge in [-0.25, -0.2) is 4.79 Å². The van der Waals surface area contributed by atoms with Gasteiger partial charge in [0.25, 0.3) is 0 Å². The molecule has 0 bridgehead atoms. The van der Waals surface area contributed by atoms with Gasteiger partial charge < -0.3 is 20.2 Å². The molecule has 1 aliphatic heterocycles. The fraction of sp³-hybridized carbons (Fsp3) is 0.846. The van der Waals surface area contributed by atoms with Crippen LogP contribution in [0.15, 0.2) is 0 Å². The van der Waals surface area contributed by atoms with Gasteiger partial charge in [0.15, 0.2) is 0 Å². The lowest BCUT2D eigenvalue weighted by Gasteiger charge is -2.33. The normalized spacial score (nSPS) is 21.7. The molecule has 1 heterocycles. The van der Waals surface area contributed by atoms with Crippen molar-refractivity contribution in [3.8, 4) is 0 Å². The first kappa shape index (κ1) is 15.8. The van der Waals surface area contributed by atoms with Crippen LogP contribution in [0.25, 0.3) is 0 Å². The first-order valence-electron chi connectivity index (χ1n) is 6.83. The number of nitrogens with zero attached hydrogens (tertiary/aromatic N) is 2. The predicted octanol–water partition coefficient (Wildman–Crippen LogP) is 0.833. The lowest BCUT2D eigenvalue weighted by atomic mass is 10.0. The molecule has 110 valence electrons. The number of hydrogen-bond acceptors (Lipinski definition) is 3. The van der Waals surface area contributed by atoms with Gasteiger partial charge in [0.1, 0.15) is 0 Å². The minimum Gasteiger partial charge on any atom is -0.481 e. The molecule has 2 amide bonds. The third kappa shape index (κ3) is 5.06. The Kier molecular flexibility index (Phi) is 6.08. The maximum atomic E-state index is 11.9. The molecule has 0 spiro atoms. The maximum Gasteiger partial charge on any atom is 0.317 e. The number of carboxylic acids is 1. The summed E-state index contributed by atoms with van der Waals surface area (Å²) in [5, 5.41) is 11.7. The van der Waals surface area contributed by atoms with Gasteiger partial charge in [-0.15, -0.1) is 0 Å². The van der Waals surface area contributed by atoms with Crippen molar-refractivity contribution in [2.75, 3.05) is 33.7 Å². The van der Waals surface area contributed by atoms with E-state index in [2.05, 4.69) is 17.3 Å². The number of urea groups is 1. The summed E-state index contributed by atoms with van der Waals surface area (Å²) < 4.78 is 0. The van der Waals surface area contributed by atoms with Crippen molar-refractivity contribution in [1.82, 2.24) is 15.1 Å². The van der Waals surface area contributed by atoms with E-state index in [1.807, 2.05) is 0 Å². The Morgan fingerprint density at radius 2 is 2.16 bits per heavy atom. The van der Waals surface area contributed by atoms with E-state index in [1.54, 1.807) is 14.0 Å². The summed E-state index contributed by atoms with van der Waals surface area (Å²) in [6.07, 6.45) is 3.53. The van der Waals surface area contributed by atoms with E-state index in [1.165, 1.54) is 17.7 Å².